The fourth-order valence-electron chi connectivity index (χ4n) is 1.97. The van der Waals surface area contributed by atoms with Crippen LogP contribution >= 0.6 is 0 Å². The average molecular weight is 230 g/mol. The van der Waals surface area contributed by atoms with Gasteiger partial charge in [-0.05, 0) is 19.3 Å². The van der Waals surface area contributed by atoms with Gasteiger partial charge in [0.25, 0.3) is 0 Å². The Labute approximate surface area is 101 Å². The van der Waals surface area contributed by atoms with E-state index in [9.17, 15) is 5.11 Å². The van der Waals surface area contributed by atoms with Gasteiger partial charge in [-0.3, -0.25) is 0 Å². The minimum absolute atomic E-state index is 0.107. The van der Waals surface area contributed by atoms with Crippen LogP contribution in [0.25, 0.3) is 0 Å². The number of unbranched alkanes of at least 4 members (excludes halogenated alkanes) is 7. The molecule has 0 spiro atoms. The molecule has 16 heavy (non-hydrogen) atoms. The molecule has 0 aliphatic rings. The molecule has 0 saturated heterocycles. The first-order chi connectivity index (χ1) is 7.81. The van der Waals surface area contributed by atoms with Crippen molar-refractivity contribution in [3.05, 3.63) is 0 Å². The molecule has 0 aromatic carbocycles. The standard InChI is InChI=1S/C14H30O2/c1-2-3-4-5-6-8-11-14(16)12-9-7-10-13-15/h14-16H,2-13H2,1H3. The van der Waals surface area contributed by atoms with Crippen LogP contribution < -0.4 is 0 Å². The van der Waals surface area contributed by atoms with E-state index in [0.717, 1.165) is 32.1 Å². The number of rotatable bonds is 12. The zero-order chi connectivity index (χ0) is 12.1. The summed E-state index contributed by atoms with van der Waals surface area (Å²) in [5, 5.41) is 18.3. The van der Waals surface area contributed by atoms with E-state index in [0.29, 0.717) is 0 Å². The molecule has 1 atom stereocenters. The van der Waals surface area contributed by atoms with Crippen molar-refractivity contribution in [2.75, 3.05) is 6.61 Å². The Morgan fingerprint density at radius 1 is 0.750 bits per heavy atom. The average Bonchev–Trinajstić information content (AvgIpc) is 2.29. The van der Waals surface area contributed by atoms with Crippen molar-refractivity contribution in [3.8, 4) is 0 Å². The lowest BCUT2D eigenvalue weighted by molar-refractivity contribution is 0.146. The monoisotopic (exact) mass is 230 g/mol. The van der Waals surface area contributed by atoms with Gasteiger partial charge in [-0.1, -0.05) is 58.3 Å². The van der Waals surface area contributed by atoms with E-state index in [1.54, 1.807) is 0 Å². The molecule has 2 N–H and O–H groups in total. The van der Waals surface area contributed by atoms with Gasteiger partial charge in [-0.2, -0.15) is 0 Å². The summed E-state index contributed by atoms with van der Waals surface area (Å²) < 4.78 is 0. The van der Waals surface area contributed by atoms with Gasteiger partial charge < -0.3 is 10.2 Å². The summed E-state index contributed by atoms with van der Waals surface area (Å²) in [5.74, 6) is 0. The van der Waals surface area contributed by atoms with Crippen molar-refractivity contribution in [2.24, 2.45) is 0 Å². The quantitative estimate of drug-likeness (QED) is 0.502. The number of hydrogen-bond donors (Lipinski definition) is 2. The fraction of sp³-hybridized carbons (Fsp3) is 1.00. The summed E-state index contributed by atoms with van der Waals surface area (Å²) in [4.78, 5) is 0. The van der Waals surface area contributed by atoms with Gasteiger partial charge in [0.1, 0.15) is 0 Å². The van der Waals surface area contributed by atoms with Crippen LogP contribution in [-0.2, 0) is 0 Å². The molecule has 0 rings (SSSR count). The lowest BCUT2D eigenvalue weighted by atomic mass is 10.0. The van der Waals surface area contributed by atoms with Crippen molar-refractivity contribution >= 4 is 0 Å². The van der Waals surface area contributed by atoms with Gasteiger partial charge >= 0.3 is 0 Å². The van der Waals surface area contributed by atoms with E-state index < -0.39 is 0 Å². The number of hydrogen-bond acceptors (Lipinski definition) is 2. The third-order valence-electron chi connectivity index (χ3n) is 3.09. The van der Waals surface area contributed by atoms with Gasteiger partial charge in [0, 0.05) is 6.61 Å². The molecule has 98 valence electrons. The Balaban J connectivity index is 3.08. The van der Waals surface area contributed by atoms with E-state index in [2.05, 4.69) is 6.92 Å². The highest BCUT2D eigenvalue weighted by molar-refractivity contribution is 4.57. The lowest BCUT2D eigenvalue weighted by Gasteiger charge is -2.09. The van der Waals surface area contributed by atoms with Crippen LogP contribution in [-0.4, -0.2) is 22.9 Å². The van der Waals surface area contributed by atoms with Crippen molar-refractivity contribution < 1.29 is 10.2 Å². The highest BCUT2D eigenvalue weighted by Crippen LogP contribution is 2.12. The Bertz CT molecular complexity index is 126. The second-order valence-corrected chi connectivity index (χ2v) is 4.78. The molecule has 1 unspecified atom stereocenters. The lowest BCUT2D eigenvalue weighted by Crippen LogP contribution is -2.06. The smallest absolute Gasteiger partial charge is 0.0540 e. The molecular formula is C14H30O2. The molecular weight excluding hydrogens is 200 g/mol. The predicted octanol–water partition coefficient (Wildman–Crippen LogP) is 3.65. The first kappa shape index (κ1) is 15.9. The van der Waals surface area contributed by atoms with Crippen LogP contribution in [0.5, 0.6) is 0 Å². The van der Waals surface area contributed by atoms with Gasteiger partial charge in [0.2, 0.25) is 0 Å². The summed E-state index contributed by atoms with van der Waals surface area (Å²) in [6.45, 7) is 2.52. The highest BCUT2D eigenvalue weighted by atomic mass is 16.3. The molecule has 2 nitrogen and oxygen atoms in total. The first-order valence-corrected chi connectivity index (χ1v) is 7.10. The molecule has 0 aliphatic carbocycles. The largest absolute Gasteiger partial charge is 0.396 e. The topological polar surface area (TPSA) is 40.5 Å². The molecule has 0 aromatic heterocycles. The van der Waals surface area contributed by atoms with Crippen molar-refractivity contribution in [1.29, 1.82) is 0 Å². The summed E-state index contributed by atoms with van der Waals surface area (Å²) in [5.41, 5.74) is 0. The van der Waals surface area contributed by atoms with Gasteiger partial charge in [-0.15, -0.1) is 0 Å². The second-order valence-electron chi connectivity index (χ2n) is 4.78. The van der Waals surface area contributed by atoms with Gasteiger partial charge in [0.15, 0.2) is 0 Å². The zero-order valence-electron chi connectivity index (χ0n) is 11.0. The Hall–Kier alpha value is -0.0800. The minimum Gasteiger partial charge on any atom is -0.396 e. The zero-order valence-corrected chi connectivity index (χ0v) is 11.0. The van der Waals surface area contributed by atoms with Crippen LogP contribution in [0, 0.1) is 0 Å². The first-order valence-electron chi connectivity index (χ1n) is 7.10. The van der Waals surface area contributed by atoms with Crippen LogP contribution in [0.4, 0.5) is 0 Å². The second kappa shape index (κ2) is 13.0. The van der Waals surface area contributed by atoms with E-state index in [1.165, 1.54) is 38.5 Å². The summed E-state index contributed by atoms with van der Waals surface area (Å²) in [6, 6.07) is 0. The number of aliphatic hydroxyl groups excluding tert-OH is 2. The molecule has 0 aliphatic heterocycles. The van der Waals surface area contributed by atoms with Crippen LogP contribution in [0.2, 0.25) is 0 Å². The normalized spacial score (nSPS) is 12.9. The van der Waals surface area contributed by atoms with Gasteiger partial charge in [-0.25, -0.2) is 0 Å². The molecule has 0 bridgehead atoms. The highest BCUT2D eigenvalue weighted by Gasteiger charge is 2.03. The molecule has 0 radical (unpaired) electrons. The summed E-state index contributed by atoms with van der Waals surface area (Å²) in [6.07, 6.45) is 12.5. The third-order valence-corrected chi connectivity index (χ3v) is 3.09. The number of aliphatic hydroxyl groups is 2. The molecule has 0 amide bonds. The third kappa shape index (κ3) is 12.0. The predicted molar refractivity (Wildman–Crippen MR) is 69.6 cm³/mol. The van der Waals surface area contributed by atoms with Crippen molar-refractivity contribution in [3.63, 3.8) is 0 Å². The molecule has 0 aromatic rings. The molecule has 0 heterocycles. The maximum Gasteiger partial charge on any atom is 0.0540 e. The maximum atomic E-state index is 9.69. The van der Waals surface area contributed by atoms with Gasteiger partial charge in [0.05, 0.1) is 6.10 Å². The fourth-order valence-corrected chi connectivity index (χ4v) is 1.97. The maximum absolute atomic E-state index is 9.69. The summed E-state index contributed by atoms with van der Waals surface area (Å²) in [7, 11) is 0. The van der Waals surface area contributed by atoms with E-state index in [1.807, 2.05) is 0 Å². The van der Waals surface area contributed by atoms with E-state index in [-0.39, 0.29) is 12.7 Å². The van der Waals surface area contributed by atoms with Crippen LogP contribution in [0.3, 0.4) is 0 Å². The van der Waals surface area contributed by atoms with Crippen LogP contribution in [0.1, 0.15) is 77.6 Å². The van der Waals surface area contributed by atoms with Crippen LogP contribution in [0.15, 0.2) is 0 Å². The SMILES string of the molecule is CCCCCCCCC(O)CCCCCO. The van der Waals surface area contributed by atoms with E-state index in [4.69, 9.17) is 5.11 Å². The Morgan fingerprint density at radius 3 is 1.81 bits per heavy atom. The van der Waals surface area contributed by atoms with Crippen molar-refractivity contribution in [2.45, 2.75) is 83.7 Å². The minimum atomic E-state index is -0.107. The Morgan fingerprint density at radius 2 is 1.25 bits per heavy atom. The summed E-state index contributed by atoms with van der Waals surface area (Å²) >= 11 is 0. The molecule has 0 saturated carbocycles. The molecule has 0 fully saturated rings. The molecule has 2 heteroatoms. The Kier molecular flexibility index (Phi) is 12.9. The van der Waals surface area contributed by atoms with E-state index >= 15 is 0 Å². The van der Waals surface area contributed by atoms with Crippen molar-refractivity contribution in [1.82, 2.24) is 0 Å².